The van der Waals surface area contributed by atoms with Gasteiger partial charge in [0, 0.05) is 26.1 Å². The maximum Gasteiger partial charge on any atom is 0.322 e. The lowest BCUT2D eigenvalue weighted by atomic mass is 9.69. The van der Waals surface area contributed by atoms with Gasteiger partial charge in [-0.1, -0.05) is 47.5 Å². The van der Waals surface area contributed by atoms with E-state index >= 15 is 0 Å². The number of carbonyl (C=O) groups is 1. The Morgan fingerprint density at radius 1 is 1.17 bits per heavy atom. The van der Waals surface area contributed by atoms with Crippen molar-refractivity contribution >= 4 is 29.2 Å². The van der Waals surface area contributed by atoms with Gasteiger partial charge < -0.3 is 4.74 Å². The monoisotopic (exact) mass is 365 g/mol. The number of fused-ring (bicyclic) bond motifs is 1. The topological polar surface area (TPSA) is 69.4 Å². The molecule has 0 radical (unpaired) electrons. The fraction of sp³-hybridized carbons (Fsp3) is 0.235. The summed E-state index contributed by atoms with van der Waals surface area (Å²) in [5, 5.41) is 11.9. The van der Waals surface area contributed by atoms with Gasteiger partial charge in [0.15, 0.2) is 0 Å². The van der Waals surface area contributed by atoms with Gasteiger partial charge >= 0.3 is 5.97 Å². The normalized spacial score (nSPS) is 20.4. The quantitative estimate of drug-likeness (QED) is 0.351. The van der Waals surface area contributed by atoms with E-state index in [0.29, 0.717) is 16.9 Å². The summed E-state index contributed by atoms with van der Waals surface area (Å²) < 4.78 is 5.34. The molecule has 0 fully saturated rings. The number of nitrogens with zero attached hydrogens (tertiary/aromatic N) is 1. The van der Waals surface area contributed by atoms with Crippen LogP contribution in [-0.4, -0.2) is 17.4 Å². The lowest BCUT2D eigenvalue weighted by molar-refractivity contribution is -0.484. The Kier molecular flexibility index (Phi) is 4.24. The first-order valence-corrected chi connectivity index (χ1v) is 7.98. The zero-order valence-electron chi connectivity index (χ0n) is 12.7. The minimum Gasteiger partial charge on any atom is -0.426 e. The molecule has 124 valence electrons. The van der Waals surface area contributed by atoms with Crippen LogP contribution in [0.4, 0.5) is 0 Å². The number of ether oxygens (including phenoxy) is 1. The van der Waals surface area contributed by atoms with Gasteiger partial charge in [0.25, 0.3) is 0 Å². The molecule has 2 atom stereocenters. The molecule has 0 aromatic heterocycles. The summed E-state index contributed by atoms with van der Waals surface area (Å²) in [6, 6.07) is 11.8. The Morgan fingerprint density at radius 3 is 2.42 bits per heavy atom. The summed E-state index contributed by atoms with van der Waals surface area (Å²) in [5.74, 6) is -1.00. The Balaban J connectivity index is 2.24. The molecule has 3 rings (SSSR count). The highest BCUT2D eigenvalue weighted by Gasteiger charge is 2.54. The van der Waals surface area contributed by atoms with E-state index in [4.69, 9.17) is 27.9 Å². The van der Waals surface area contributed by atoms with E-state index < -0.39 is 28.8 Å². The second-order valence-corrected chi connectivity index (χ2v) is 6.61. The lowest BCUT2D eigenvalue weighted by Crippen LogP contribution is -2.40. The number of esters is 1. The molecular formula is C17H13Cl2NO4. The van der Waals surface area contributed by atoms with Crippen molar-refractivity contribution in [3.8, 4) is 5.75 Å². The first-order chi connectivity index (χ1) is 11.4. The molecule has 24 heavy (non-hydrogen) atoms. The van der Waals surface area contributed by atoms with Crippen molar-refractivity contribution in [3.63, 3.8) is 0 Å². The fourth-order valence-corrected chi connectivity index (χ4v) is 3.85. The molecule has 0 saturated carbocycles. The SMILES string of the molecule is C[C@]1([C@H](C[N+](=O)[O-])c2c(Cl)cccc2Cl)C(=O)Oc2ccccc21. The van der Waals surface area contributed by atoms with Gasteiger partial charge in [0.05, 0.1) is 5.92 Å². The summed E-state index contributed by atoms with van der Waals surface area (Å²) in [4.78, 5) is 23.5. The van der Waals surface area contributed by atoms with Crippen LogP contribution in [0.2, 0.25) is 10.0 Å². The molecule has 0 unspecified atom stereocenters. The van der Waals surface area contributed by atoms with E-state index in [1.165, 1.54) is 0 Å². The summed E-state index contributed by atoms with van der Waals surface area (Å²) in [6.07, 6.45) is 0. The third-order valence-electron chi connectivity index (χ3n) is 4.45. The van der Waals surface area contributed by atoms with Crippen LogP contribution in [0.5, 0.6) is 5.75 Å². The average Bonchev–Trinajstić information content (AvgIpc) is 2.78. The van der Waals surface area contributed by atoms with Crippen molar-refractivity contribution < 1.29 is 14.5 Å². The number of carbonyl (C=O) groups excluding carboxylic acids is 1. The smallest absolute Gasteiger partial charge is 0.322 e. The lowest BCUT2D eigenvalue weighted by Gasteiger charge is -2.30. The van der Waals surface area contributed by atoms with Crippen LogP contribution in [0.15, 0.2) is 42.5 Å². The number of rotatable bonds is 4. The van der Waals surface area contributed by atoms with Crippen molar-refractivity contribution in [1.29, 1.82) is 0 Å². The summed E-state index contributed by atoms with van der Waals surface area (Å²) in [6.45, 7) is 1.14. The Labute approximate surface area is 148 Å². The number of hydrogen-bond acceptors (Lipinski definition) is 4. The van der Waals surface area contributed by atoms with E-state index in [1.807, 2.05) is 0 Å². The highest BCUT2D eigenvalue weighted by Crippen LogP contribution is 2.50. The molecule has 7 heteroatoms. The molecular weight excluding hydrogens is 353 g/mol. The van der Waals surface area contributed by atoms with Crippen LogP contribution in [0.3, 0.4) is 0 Å². The summed E-state index contributed by atoms with van der Waals surface area (Å²) in [5.41, 5.74) is -0.273. The molecule has 0 N–H and O–H groups in total. The molecule has 2 aromatic carbocycles. The fourth-order valence-electron chi connectivity index (χ4n) is 3.19. The molecule has 0 saturated heterocycles. The molecule has 5 nitrogen and oxygen atoms in total. The van der Waals surface area contributed by atoms with Gasteiger partial charge in [-0.15, -0.1) is 0 Å². The Morgan fingerprint density at radius 2 is 1.79 bits per heavy atom. The third kappa shape index (κ3) is 2.54. The highest BCUT2D eigenvalue weighted by atomic mass is 35.5. The molecule has 0 bridgehead atoms. The Hall–Kier alpha value is -2.11. The molecule has 0 aliphatic carbocycles. The van der Waals surface area contributed by atoms with Gasteiger partial charge in [-0.3, -0.25) is 14.9 Å². The highest BCUT2D eigenvalue weighted by molar-refractivity contribution is 6.36. The van der Waals surface area contributed by atoms with E-state index in [-0.39, 0.29) is 10.0 Å². The van der Waals surface area contributed by atoms with Gasteiger partial charge in [0.1, 0.15) is 11.2 Å². The zero-order valence-corrected chi connectivity index (χ0v) is 14.2. The predicted molar refractivity (Wildman–Crippen MR) is 90.5 cm³/mol. The van der Waals surface area contributed by atoms with Crippen molar-refractivity contribution in [3.05, 3.63) is 73.8 Å². The van der Waals surface area contributed by atoms with Gasteiger partial charge in [-0.05, 0) is 25.1 Å². The number of benzene rings is 2. The maximum atomic E-state index is 12.6. The van der Waals surface area contributed by atoms with Gasteiger partial charge in [0.2, 0.25) is 6.54 Å². The number of halogens is 2. The van der Waals surface area contributed by atoms with E-state index in [0.717, 1.165) is 0 Å². The van der Waals surface area contributed by atoms with E-state index in [1.54, 1.807) is 49.4 Å². The first kappa shape index (κ1) is 16.7. The third-order valence-corrected chi connectivity index (χ3v) is 5.11. The Bertz CT molecular complexity index is 819. The average molecular weight is 366 g/mol. The largest absolute Gasteiger partial charge is 0.426 e. The standard InChI is InChI=1S/C17H13Cl2NO4/c1-17(10-5-2-3-8-14(10)24-16(17)21)11(9-20(22)23)15-12(18)6-4-7-13(15)19/h2-8,11H,9H2,1H3/t11-,17+/m1/s1. The summed E-state index contributed by atoms with van der Waals surface area (Å²) >= 11 is 12.5. The van der Waals surface area contributed by atoms with Gasteiger partial charge in [-0.25, -0.2) is 0 Å². The van der Waals surface area contributed by atoms with E-state index in [9.17, 15) is 14.9 Å². The molecule has 0 spiro atoms. The second kappa shape index (κ2) is 6.07. The van der Waals surface area contributed by atoms with Crippen LogP contribution in [0, 0.1) is 10.1 Å². The van der Waals surface area contributed by atoms with Crippen LogP contribution < -0.4 is 4.74 Å². The minimum atomic E-state index is -1.25. The number of hydrogen-bond donors (Lipinski definition) is 0. The molecule has 2 aromatic rings. The predicted octanol–water partition coefficient (Wildman–Crippen LogP) is 4.23. The van der Waals surface area contributed by atoms with Crippen molar-refractivity contribution in [2.75, 3.05) is 6.54 Å². The van der Waals surface area contributed by atoms with Crippen molar-refractivity contribution in [2.24, 2.45) is 0 Å². The number of nitro groups is 1. The van der Waals surface area contributed by atoms with Crippen LogP contribution >= 0.6 is 23.2 Å². The summed E-state index contributed by atoms with van der Waals surface area (Å²) in [7, 11) is 0. The molecule has 1 aliphatic rings. The van der Waals surface area contributed by atoms with E-state index in [2.05, 4.69) is 0 Å². The zero-order chi connectivity index (χ0) is 17.5. The van der Waals surface area contributed by atoms with Crippen LogP contribution in [0.1, 0.15) is 24.0 Å². The molecule has 1 aliphatic heterocycles. The molecule has 0 amide bonds. The first-order valence-electron chi connectivity index (χ1n) is 7.23. The van der Waals surface area contributed by atoms with Crippen LogP contribution in [0.25, 0.3) is 0 Å². The van der Waals surface area contributed by atoms with Crippen LogP contribution in [-0.2, 0) is 10.2 Å². The second-order valence-electron chi connectivity index (χ2n) is 5.79. The number of para-hydroxylation sites is 1. The van der Waals surface area contributed by atoms with Crippen molar-refractivity contribution in [2.45, 2.75) is 18.3 Å². The molecule has 1 heterocycles. The maximum absolute atomic E-state index is 12.6. The van der Waals surface area contributed by atoms with Gasteiger partial charge in [-0.2, -0.15) is 0 Å². The minimum absolute atomic E-state index is 0.285. The van der Waals surface area contributed by atoms with Crippen molar-refractivity contribution in [1.82, 2.24) is 0 Å².